The predicted molar refractivity (Wildman–Crippen MR) is 45.2 cm³/mol. The average molecular weight is 152 g/mol. The zero-order valence-electron chi connectivity index (χ0n) is 6.97. The molecular weight excluding hydrogens is 136 g/mol. The Bertz CT molecular complexity index is 164. The van der Waals surface area contributed by atoms with Crippen LogP contribution in [0.15, 0.2) is 12.7 Å². The highest BCUT2D eigenvalue weighted by atomic mass is 16.3. The SMILES string of the molecule is C=CCC12CC(CCO)(C1)C2. The molecule has 11 heavy (non-hydrogen) atoms. The molecule has 0 unspecified atom stereocenters. The fourth-order valence-corrected chi connectivity index (χ4v) is 3.26. The van der Waals surface area contributed by atoms with Crippen molar-refractivity contribution in [2.24, 2.45) is 10.8 Å². The summed E-state index contributed by atoms with van der Waals surface area (Å²) in [4.78, 5) is 0. The van der Waals surface area contributed by atoms with E-state index in [2.05, 4.69) is 6.58 Å². The van der Waals surface area contributed by atoms with Gasteiger partial charge in [0, 0.05) is 6.61 Å². The van der Waals surface area contributed by atoms with E-state index in [1.54, 1.807) is 0 Å². The van der Waals surface area contributed by atoms with E-state index in [1.165, 1.54) is 25.7 Å². The number of hydrogen-bond acceptors (Lipinski definition) is 1. The molecule has 1 heteroatoms. The van der Waals surface area contributed by atoms with Crippen LogP contribution >= 0.6 is 0 Å². The molecule has 2 bridgehead atoms. The molecule has 3 aliphatic carbocycles. The summed E-state index contributed by atoms with van der Waals surface area (Å²) in [5.41, 5.74) is 1.23. The molecule has 3 rings (SSSR count). The first-order chi connectivity index (χ1) is 5.24. The summed E-state index contributed by atoms with van der Waals surface area (Å²) in [5, 5.41) is 8.79. The Hall–Kier alpha value is -0.300. The second-order valence-corrected chi connectivity index (χ2v) is 4.50. The molecule has 0 radical (unpaired) electrons. The van der Waals surface area contributed by atoms with Crippen molar-refractivity contribution in [1.29, 1.82) is 0 Å². The van der Waals surface area contributed by atoms with Crippen molar-refractivity contribution in [1.82, 2.24) is 0 Å². The van der Waals surface area contributed by atoms with Gasteiger partial charge in [-0.15, -0.1) is 6.58 Å². The average Bonchev–Trinajstić information content (AvgIpc) is 1.81. The quantitative estimate of drug-likeness (QED) is 0.612. The molecule has 0 aromatic carbocycles. The highest BCUT2D eigenvalue weighted by molar-refractivity contribution is 5.17. The summed E-state index contributed by atoms with van der Waals surface area (Å²) in [5.74, 6) is 0. The van der Waals surface area contributed by atoms with Crippen molar-refractivity contribution in [2.45, 2.75) is 32.1 Å². The van der Waals surface area contributed by atoms with Gasteiger partial charge < -0.3 is 5.11 Å². The van der Waals surface area contributed by atoms with Crippen molar-refractivity contribution in [3.05, 3.63) is 12.7 Å². The van der Waals surface area contributed by atoms with Crippen molar-refractivity contribution < 1.29 is 5.11 Å². The van der Waals surface area contributed by atoms with Crippen LogP contribution in [0.3, 0.4) is 0 Å². The Labute approximate surface area is 68.1 Å². The highest BCUT2D eigenvalue weighted by Gasteiger charge is 2.65. The van der Waals surface area contributed by atoms with E-state index in [9.17, 15) is 0 Å². The van der Waals surface area contributed by atoms with Crippen molar-refractivity contribution in [3.63, 3.8) is 0 Å². The molecule has 0 spiro atoms. The minimum absolute atomic E-state index is 0.379. The van der Waals surface area contributed by atoms with Crippen LogP contribution in [0.4, 0.5) is 0 Å². The molecule has 0 aromatic rings. The molecule has 1 nitrogen and oxygen atoms in total. The van der Waals surface area contributed by atoms with Gasteiger partial charge in [-0.05, 0) is 42.9 Å². The van der Waals surface area contributed by atoms with E-state index in [0.717, 1.165) is 6.42 Å². The van der Waals surface area contributed by atoms with E-state index in [1.807, 2.05) is 6.08 Å². The Morgan fingerprint density at radius 3 is 2.36 bits per heavy atom. The Balaban J connectivity index is 1.84. The van der Waals surface area contributed by atoms with Crippen LogP contribution in [0.25, 0.3) is 0 Å². The van der Waals surface area contributed by atoms with Gasteiger partial charge in [0.2, 0.25) is 0 Å². The number of aliphatic hydroxyl groups excluding tert-OH is 1. The van der Waals surface area contributed by atoms with Gasteiger partial charge in [-0.2, -0.15) is 0 Å². The molecule has 0 atom stereocenters. The Kier molecular flexibility index (Phi) is 1.40. The summed E-state index contributed by atoms with van der Waals surface area (Å²) in [6.45, 7) is 4.15. The van der Waals surface area contributed by atoms with Crippen molar-refractivity contribution in [2.75, 3.05) is 6.61 Å². The molecule has 1 N–H and O–H groups in total. The van der Waals surface area contributed by atoms with E-state index >= 15 is 0 Å². The van der Waals surface area contributed by atoms with Crippen LogP contribution in [-0.4, -0.2) is 11.7 Å². The predicted octanol–water partition coefficient (Wildman–Crippen LogP) is 2.12. The van der Waals surface area contributed by atoms with Gasteiger partial charge in [-0.25, -0.2) is 0 Å². The molecule has 3 saturated carbocycles. The van der Waals surface area contributed by atoms with Crippen LogP contribution in [-0.2, 0) is 0 Å². The monoisotopic (exact) mass is 152 g/mol. The lowest BCUT2D eigenvalue weighted by molar-refractivity contribution is -0.208. The fraction of sp³-hybridized carbons (Fsp3) is 0.800. The maximum absolute atomic E-state index is 8.79. The van der Waals surface area contributed by atoms with Gasteiger partial charge in [-0.3, -0.25) is 0 Å². The van der Waals surface area contributed by atoms with Crippen LogP contribution in [0.2, 0.25) is 0 Å². The number of hydrogen-bond donors (Lipinski definition) is 1. The van der Waals surface area contributed by atoms with E-state index in [0.29, 0.717) is 17.4 Å². The summed E-state index contributed by atoms with van der Waals surface area (Å²) in [6.07, 6.45) is 8.33. The van der Waals surface area contributed by atoms with Gasteiger partial charge in [0.15, 0.2) is 0 Å². The van der Waals surface area contributed by atoms with Crippen molar-refractivity contribution >= 4 is 0 Å². The molecule has 3 aliphatic rings. The highest BCUT2D eigenvalue weighted by Crippen LogP contribution is 2.76. The largest absolute Gasteiger partial charge is 0.396 e. The third kappa shape index (κ3) is 0.871. The van der Waals surface area contributed by atoms with E-state index < -0.39 is 0 Å². The van der Waals surface area contributed by atoms with Gasteiger partial charge >= 0.3 is 0 Å². The summed E-state index contributed by atoms with van der Waals surface area (Å²) < 4.78 is 0. The smallest absolute Gasteiger partial charge is 0.0436 e. The van der Waals surface area contributed by atoms with Crippen LogP contribution < -0.4 is 0 Å². The van der Waals surface area contributed by atoms with Gasteiger partial charge in [0.05, 0.1) is 0 Å². The molecule has 0 heterocycles. The topological polar surface area (TPSA) is 20.2 Å². The first-order valence-electron chi connectivity index (χ1n) is 4.46. The molecule has 0 aliphatic heterocycles. The van der Waals surface area contributed by atoms with Gasteiger partial charge in [0.1, 0.15) is 0 Å². The normalized spacial score (nSPS) is 45.9. The van der Waals surface area contributed by atoms with Gasteiger partial charge in [-0.1, -0.05) is 6.08 Å². The third-order valence-corrected chi connectivity index (χ3v) is 3.47. The minimum atomic E-state index is 0.379. The zero-order chi connectivity index (χ0) is 7.95. The van der Waals surface area contributed by atoms with E-state index in [4.69, 9.17) is 5.11 Å². The fourth-order valence-electron chi connectivity index (χ4n) is 3.26. The zero-order valence-corrected chi connectivity index (χ0v) is 6.97. The summed E-state index contributed by atoms with van der Waals surface area (Å²) >= 11 is 0. The lowest BCUT2D eigenvalue weighted by Crippen LogP contribution is -2.61. The van der Waals surface area contributed by atoms with Crippen LogP contribution in [0.1, 0.15) is 32.1 Å². The van der Waals surface area contributed by atoms with Crippen molar-refractivity contribution in [3.8, 4) is 0 Å². The maximum atomic E-state index is 8.79. The number of allylic oxidation sites excluding steroid dienone is 1. The molecule has 3 fully saturated rings. The minimum Gasteiger partial charge on any atom is -0.396 e. The van der Waals surface area contributed by atoms with Gasteiger partial charge in [0.25, 0.3) is 0 Å². The first kappa shape index (κ1) is 7.35. The molecular formula is C10H16O. The van der Waals surface area contributed by atoms with Crippen LogP contribution in [0.5, 0.6) is 0 Å². The Morgan fingerprint density at radius 2 is 1.91 bits per heavy atom. The van der Waals surface area contributed by atoms with Crippen LogP contribution in [0, 0.1) is 10.8 Å². The summed E-state index contributed by atoms with van der Waals surface area (Å²) in [7, 11) is 0. The molecule has 0 aromatic heterocycles. The lowest BCUT2D eigenvalue weighted by atomic mass is 9.33. The molecule has 0 amide bonds. The standard InChI is InChI=1S/C10H16O/c1-2-3-9-6-10(7-9,8-9)4-5-11/h2,11H,1,3-8H2. The van der Waals surface area contributed by atoms with E-state index in [-0.39, 0.29) is 0 Å². The lowest BCUT2D eigenvalue weighted by Gasteiger charge is -2.71. The third-order valence-electron chi connectivity index (χ3n) is 3.47. The molecule has 62 valence electrons. The Morgan fingerprint density at radius 1 is 1.27 bits per heavy atom. The summed E-state index contributed by atoms with van der Waals surface area (Å²) in [6, 6.07) is 0. The second-order valence-electron chi connectivity index (χ2n) is 4.50. The second kappa shape index (κ2) is 2.10. The first-order valence-corrected chi connectivity index (χ1v) is 4.46. The number of rotatable bonds is 4. The maximum Gasteiger partial charge on any atom is 0.0436 e. The molecule has 0 saturated heterocycles. The number of aliphatic hydroxyl groups is 1.